The van der Waals surface area contributed by atoms with E-state index in [0.717, 1.165) is 25.9 Å². The first kappa shape index (κ1) is 9.18. The highest BCUT2D eigenvalue weighted by atomic mass is 16.5. The number of rotatable bonds is 2. The van der Waals surface area contributed by atoms with Gasteiger partial charge in [0, 0.05) is 13.1 Å². The second-order valence-electron chi connectivity index (χ2n) is 3.50. The molecule has 2 rings (SSSR count). The van der Waals surface area contributed by atoms with Crippen LogP contribution in [0.1, 0.15) is 24.6 Å². The number of hydrogen-bond donors (Lipinski definition) is 0. The summed E-state index contributed by atoms with van der Waals surface area (Å²) in [6.07, 6.45) is 2.45. The number of nitrogens with zero attached hydrogens (tertiary/aromatic N) is 3. The smallest absolute Gasteiger partial charge is 0.236 e. The Labute approximate surface area is 82.1 Å². The van der Waals surface area contributed by atoms with E-state index in [2.05, 4.69) is 10.1 Å². The highest BCUT2D eigenvalue weighted by Crippen LogP contribution is 2.09. The number of aromatic nitrogens is 2. The van der Waals surface area contributed by atoms with Crippen LogP contribution in [-0.4, -0.2) is 34.0 Å². The monoisotopic (exact) mass is 195 g/mol. The molecular weight excluding hydrogens is 182 g/mol. The summed E-state index contributed by atoms with van der Waals surface area (Å²) in [6.45, 7) is 3.48. The van der Waals surface area contributed by atoms with Crippen LogP contribution in [0.25, 0.3) is 0 Å². The zero-order valence-corrected chi connectivity index (χ0v) is 8.19. The van der Waals surface area contributed by atoms with E-state index in [4.69, 9.17) is 4.52 Å². The number of amides is 1. The molecule has 0 unspecified atom stereocenters. The lowest BCUT2D eigenvalue weighted by Crippen LogP contribution is -2.29. The molecule has 1 amide bonds. The van der Waals surface area contributed by atoms with Crippen molar-refractivity contribution in [2.24, 2.45) is 0 Å². The van der Waals surface area contributed by atoms with Gasteiger partial charge in [0.25, 0.3) is 0 Å². The number of carbonyl (C=O) groups is 1. The second kappa shape index (κ2) is 3.77. The van der Waals surface area contributed by atoms with Crippen molar-refractivity contribution in [2.45, 2.75) is 26.2 Å². The summed E-state index contributed by atoms with van der Waals surface area (Å²) >= 11 is 0. The minimum absolute atomic E-state index is 0.0890. The number of aryl methyl sites for hydroxylation is 1. The Morgan fingerprint density at radius 2 is 2.21 bits per heavy atom. The van der Waals surface area contributed by atoms with Crippen LogP contribution in [0.2, 0.25) is 0 Å². The minimum atomic E-state index is 0.0890. The van der Waals surface area contributed by atoms with Crippen molar-refractivity contribution < 1.29 is 9.32 Å². The fourth-order valence-electron chi connectivity index (χ4n) is 1.62. The average Bonchev–Trinajstić information content (AvgIpc) is 2.75. The lowest BCUT2D eigenvalue weighted by atomic mass is 10.3. The van der Waals surface area contributed by atoms with Crippen LogP contribution in [0.5, 0.6) is 0 Å². The molecule has 76 valence electrons. The van der Waals surface area contributed by atoms with Gasteiger partial charge < -0.3 is 9.42 Å². The van der Waals surface area contributed by atoms with Gasteiger partial charge in [0.05, 0.1) is 0 Å². The summed E-state index contributed by atoms with van der Waals surface area (Å²) in [7, 11) is 0. The van der Waals surface area contributed by atoms with Crippen molar-refractivity contribution in [1.29, 1.82) is 0 Å². The standard InChI is InChI=1S/C9H13N3O2/c1-7-10-8(14-11-7)6-9(13)12-4-2-3-5-12/h2-6H2,1H3. The SMILES string of the molecule is Cc1noc(CC(=O)N2CCCC2)n1. The molecule has 0 aliphatic carbocycles. The van der Waals surface area contributed by atoms with Crippen molar-refractivity contribution in [2.75, 3.05) is 13.1 Å². The third-order valence-corrected chi connectivity index (χ3v) is 2.33. The van der Waals surface area contributed by atoms with E-state index in [1.54, 1.807) is 6.92 Å². The molecule has 14 heavy (non-hydrogen) atoms. The van der Waals surface area contributed by atoms with Crippen molar-refractivity contribution in [1.82, 2.24) is 15.0 Å². The van der Waals surface area contributed by atoms with Gasteiger partial charge in [0.2, 0.25) is 11.8 Å². The molecule has 1 fully saturated rings. The first-order valence-corrected chi connectivity index (χ1v) is 4.82. The molecule has 1 aromatic heterocycles. The van der Waals surface area contributed by atoms with E-state index in [1.165, 1.54) is 0 Å². The Morgan fingerprint density at radius 1 is 1.50 bits per heavy atom. The molecule has 1 saturated heterocycles. The Hall–Kier alpha value is -1.39. The third-order valence-electron chi connectivity index (χ3n) is 2.33. The van der Waals surface area contributed by atoms with Gasteiger partial charge in [-0.3, -0.25) is 4.79 Å². The molecular formula is C9H13N3O2. The first-order valence-electron chi connectivity index (χ1n) is 4.82. The van der Waals surface area contributed by atoms with Crippen LogP contribution in [0.15, 0.2) is 4.52 Å². The molecule has 0 atom stereocenters. The van der Waals surface area contributed by atoms with E-state index in [0.29, 0.717) is 11.7 Å². The van der Waals surface area contributed by atoms with Crippen LogP contribution >= 0.6 is 0 Å². The minimum Gasteiger partial charge on any atom is -0.342 e. The topological polar surface area (TPSA) is 59.2 Å². The average molecular weight is 195 g/mol. The van der Waals surface area contributed by atoms with Crippen LogP contribution in [0.3, 0.4) is 0 Å². The maximum Gasteiger partial charge on any atom is 0.236 e. The molecule has 1 aliphatic rings. The van der Waals surface area contributed by atoms with E-state index in [-0.39, 0.29) is 12.3 Å². The summed E-state index contributed by atoms with van der Waals surface area (Å²) in [4.78, 5) is 17.5. The predicted molar refractivity (Wildman–Crippen MR) is 48.6 cm³/mol. The van der Waals surface area contributed by atoms with Gasteiger partial charge in [-0.05, 0) is 19.8 Å². The highest BCUT2D eigenvalue weighted by molar-refractivity contribution is 5.77. The van der Waals surface area contributed by atoms with E-state index < -0.39 is 0 Å². The quantitative estimate of drug-likeness (QED) is 0.691. The maximum atomic E-state index is 11.6. The largest absolute Gasteiger partial charge is 0.342 e. The fourth-order valence-corrected chi connectivity index (χ4v) is 1.62. The molecule has 0 saturated carbocycles. The van der Waals surface area contributed by atoms with E-state index in [1.807, 2.05) is 4.90 Å². The fraction of sp³-hybridized carbons (Fsp3) is 0.667. The molecule has 0 N–H and O–H groups in total. The molecule has 5 heteroatoms. The van der Waals surface area contributed by atoms with Crippen LogP contribution in [-0.2, 0) is 11.2 Å². The van der Waals surface area contributed by atoms with Gasteiger partial charge in [-0.15, -0.1) is 0 Å². The normalized spacial score (nSPS) is 16.2. The first-order chi connectivity index (χ1) is 6.75. The van der Waals surface area contributed by atoms with Gasteiger partial charge in [-0.2, -0.15) is 4.98 Å². The lowest BCUT2D eigenvalue weighted by Gasteiger charge is -2.13. The van der Waals surface area contributed by atoms with Gasteiger partial charge in [0.1, 0.15) is 6.42 Å². The summed E-state index contributed by atoms with van der Waals surface area (Å²) in [6, 6.07) is 0. The molecule has 1 aliphatic heterocycles. The molecule has 0 spiro atoms. The second-order valence-corrected chi connectivity index (χ2v) is 3.50. The third kappa shape index (κ3) is 1.92. The van der Waals surface area contributed by atoms with Crippen molar-refractivity contribution >= 4 is 5.91 Å². The van der Waals surface area contributed by atoms with E-state index >= 15 is 0 Å². The van der Waals surface area contributed by atoms with Crippen molar-refractivity contribution in [3.63, 3.8) is 0 Å². The number of likely N-dealkylation sites (tertiary alicyclic amines) is 1. The highest BCUT2D eigenvalue weighted by Gasteiger charge is 2.19. The molecule has 2 heterocycles. The van der Waals surface area contributed by atoms with Gasteiger partial charge in [-0.1, -0.05) is 5.16 Å². The van der Waals surface area contributed by atoms with Gasteiger partial charge in [0.15, 0.2) is 5.82 Å². The molecule has 0 radical (unpaired) electrons. The zero-order chi connectivity index (χ0) is 9.97. The van der Waals surface area contributed by atoms with Gasteiger partial charge >= 0.3 is 0 Å². The van der Waals surface area contributed by atoms with Gasteiger partial charge in [-0.25, -0.2) is 0 Å². The summed E-state index contributed by atoms with van der Waals surface area (Å²) < 4.78 is 4.89. The number of carbonyl (C=O) groups excluding carboxylic acids is 1. The maximum absolute atomic E-state index is 11.6. The lowest BCUT2D eigenvalue weighted by molar-refractivity contribution is -0.129. The summed E-state index contributed by atoms with van der Waals surface area (Å²) in [5.41, 5.74) is 0. The molecule has 0 aromatic carbocycles. The van der Waals surface area contributed by atoms with Crippen molar-refractivity contribution in [3.05, 3.63) is 11.7 Å². The number of hydrogen-bond acceptors (Lipinski definition) is 4. The van der Waals surface area contributed by atoms with Crippen LogP contribution in [0.4, 0.5) is 0 Å². The Bertz CT molecular complexity index is 329. The summed E-state index contributed by atoms with van der Waals surface area (Å²) in [5.74, 6) is 1.08. The van der Waals surface area contributed by atoms with Crippen molar-refractivity contribution in [3.8, 4) is 0 Å². The Kier molecular flexibility index (Phi) is 2.47. The molecule has 1 aromatic rings. The Balaban J connectivity index is 1.93. The summed E-state index contributed by atoms with van der Waals surface area (Å²) in [5, 5.41) is 3.64. The molecule has 5 nitrogen and oxygen atoms in total. The zero-order valence-electron chi connectivity index (χ0n) is 8.19. The molecule has 0 bridgehead atoms. The van der Waals surface area contributed by atoms with Crippen LogP contribution < -0.4 is 0 Å². The Morgan fingerprint density at radius 3 is 2.79 bits per heavy atom. The van der Waals surface area contributed by atoms with Crippen LogP contribution in [0, 0.1) is 6.92 Å². The van der Waals surface area contributed by atoms with E-state index in [9.17, 15) is 4.79 Å². The predicted octanol–water partition coefficient (Wildman–Crippen LogP) is 0.543.